The minimum atomic E-state index is -0.294. The second kappa shape index (κ2) is 6.22. The van der Waals surface area contributed by atoms with Crippen LogP contribution in [0.15, 0.2) is 36.7 Å². The van der Waals surface area contributed by atoms with Crippen LogP contribution in [0.25, 0.3) is 0 Å². The van der Waals surface area contributed by atoms with E-state index in [0.717, 1.165) is 0 Å². The molecule has 6 heteroatoms. The summed E-state index contributed by atoms with van der Waals surface area (Å²) in [7, 11) is 0. The van der Waals surface area contributed by atoms with Crippen molar-refractivity contribution in [3.05, 3.63) is 47.2 Å². The van der Waals surface area contributed by atoms with Crippen LogP contribution in [-0.4, -0.2) is 15.7 Å². The molecule has 0 bridgehead atoms. The summed E-state index contributed by atoms with van der Waals surface area (Å²) in [6, 6.07) is 8.93. The second-order valence-corrected chi connectivity index (χ2v) is 4.86. The van der Waals surface area contributed by atoms with Gasteiger partial charge in [-0.2, -0.15) is 10.4 Å². The van der Waals surface area contributed by atoms with Gasteiger partial charge in [-0.3, -0.25) is 9.48 Å². The molecule has 0 unspecified atom stereocenters. The van der Waals surface area contributed by atoms with Crippen LogP contribution in [0.3, 0.4) is 0 Å². The van der Waals surface area contributed by atoms with Crippen molar-refractivity contribution in [2.24, 2.45) is 5.92 Å². The van der Waals surface area contributed by atoms with E-state index < -0.39 is 0 Å². The lowest BCUT2D eigenvalue weighted by atomic mass is 10.1. The van der Waals surface area contributed by atoms with Gasteiger partial charge in [-0.25, -0.2) is 0 Å². The highest BCUT2D eigenvalue weighted by atomic mass is 35.5. The number of benzene rings is 1. The van der Waals surface area contributed by atoms with Crippen molar-refractivity contribution >= 4 is 23.2 Å². The molecule has 0 aliphatic heterocycles. The summed E-state index contributed by atoms with van der Waals surface area (Å²) in [5.74, 6) is -0.461. The number of carbonyl (C=O) groups excluding carboxylic acids is 1. The highest BCUT2D eigenvalue weighted by Crippen LogP contribution is 2.15. The van der Waals surface area contributed by atoms with Crippen LogP contribution in [0.5, 0.6) is 0 Å². The lowest BCUT2D eigenvalue weighted by molar-refractivity contribution is -0.119. The van der Waals surface area contributed by atoms with E-state index in [2.05, 4.69) is 10.4 Å². The normalized spacial score (nSPS) is 11.7. The maximum absolute atomic E-state index is 12.1. The molecule has 102 valence electrons. The molecule has 2 aromatic rings. The summed E-state index contributed by atoms with van der Waals surface area (Å²) in [5.41, 5.74) is 0.959. The number of carbonyl (C=O) groups is 1. The van der Waals surface area contributed by atoms with Crippen LogP contribution in [0.1, 0.15) is 12.5 Å². The van der Waals surface area contributed by atoms with Crippen molar-refractivity contribution in [3.63, 3.8) is 0 Å². The number of amides is 1. The highest BCUT2D eigenvalue weighted by molar-refractivity contribution is 6.30. The van der Waals surface area contributed by atoms with E-state index >= 15 is 0 Å². The standard InChI is InChI=1S/C14H13ClN4O/c1-10(8-19-9-12(15)7-17-19)14(20)18-13-5-3-2-4-11(13)6-16/h2-5,7,9-10H,8H2,1H3,(H,18,20)/t10-/m1/s1. The van der Waals surface area contributed by atoms with Crippen molar-refractivity contribution in [1.29, 1.82) is 5.26 Å². The summed E-state index contributed by atoms with van der Waals surface area (Å²) < 4.78 is 1.61. The van der Waals surface area contributed by atoms with Gasteiger partial charge in [0.15, 0.2) is 0 Å². The Labute approximate surface area is 121 Å². The first-order chi connectivity index (χ1) is 9.60. The van der Waals surface area contributed by atoms with E-state index in [1.54, 1.807) is 42.1 Å². The van der Waals surface area contributed by atoms with E-state index in [4.69, 9.17) is 16.9 Å². The molecule has 1 aromatic heterocycles. The number of aromatic nitrogens is 2. The predicted molar refractivity (Wildman–Crippen MR) is 76.2 cm³/mol. The fourth-order valence-electron chi connectivity index (χ4n) is 1.75. The zero-order valence-corrected chi connectivity index (χ0v) is 11.6. The molecule has 20 heavy (non-hydrogen) atoms. The van der Waals surface area contributed by atoms with Crippen molar-refractivity contribution < 1.29 is 4.79 Å². The van der Waals surface area contributed by atoms with Crippen LogP contribution >= 0.6 is 11.6 Å². The van der Waals surface area contributed by atoms with Gasteiger partial charge in [-0.1, -0.05) is 30.7 Å². The van der Waals surface area contributed by atoms with Gasteiger partial charge in [-0.15, -0.1) is 0 Å². The number of nitrogens with zero attached hydrogens (tertiary/aromatic N) is 3. The lowest BCUT2D eigenvalue weighted by Crippen LogP contribution is -2.25. The minimum absolute atomic E-state index is 0.167. The smallest absolute Gasteiger partial charge is 0.229 e. The Kier molecular flexibility index (Phi) is 4.38. The Bertz CT molecular complexity index is 659. The Hall–Kier alpha value is -2.32. The van der Waals surface area contributed by atoms with E-state index in [0.29, 0.717) is 22.8 Å². The fraction of sp³-hybridized carbons (Fsp3) is 0.214. The van der Waals surface area contributed by atoms with Gasteiger partial charge in [0.05, 0.1) is 34.9 Å². The Morgan fingerprint density at radius 1 is 1.55 bits per heavy atom. The first kappa shape index (κ1) is 14.1. The number of anilines is 1. The third kappa shape index (κ3) is 3.37. The first-order valence-corrected chi connectivity index (χ1v) is 6.46. The Morgan fingerprint density at radius 2 is 2.30 bits per heavy atom. The molecule has 0 saturated carbocycles. The van der Waals surface area contributed by atoms with Gasteiger partial charge in [-0.05, 0) is 12.1 Å². The quantitative estimate of drug-likeness (QED) is 0.940. The molecule has 0 radical (unpaired) electrons. The zero-order chi connectivity index (χ0) is 14.5. The maximum atomic E-state index is 12.1. The lowest BCUT2D eigenvalue weighted by Gasteiger charge is -2.13. The van der Waals surface area contributed by atoms with E-state index in [1.165, 1.54) is 6.20 Å². The molecule has 1 heterocycles. The number of nitriles is 1. The molecule has 5 nitrogen and oxygen atoms in total. The van der Waals surface area contributed by atoms with E-state index in [-0.39, 0.29) is 11.8 Å². The van der Waals surface area contributed by atoms with E-state index in [9.17, 15) is 4.79 Å². The molecule has 1 amide bonds. The van der Waals surface area contributed by atoms with Gasteiger partial charge >= 0.3 is 0 Å². The molecular formula is C14H13ClN4O. The van der Waals surface area contributed by atoms with E-state index in [1.807, 2.05) is 6.07 Å². The zero-order valence-electron chi connectivity index (χ0n) is 10.9. The van der Waals surface area contributed by atoms with Gasteiger partial charge in [0.25, 0.3) is 0 Å². The number of para-hydroxylation sites is 1. The molecule has 0 saturated heterocycles. The van der Waals surface area contributed by atoms with Crippen LogP contribution < -0.4 is 5.32 Å². The monoisotopic (exact) mass is 288 g/mol. The first-order valence-electron chi connectivity index (χ1n) is 6.08. The maximum Gasteiger partial charge on any atom is 0.229 e. The molecule has 1 N–H and O–H groups in total. The topological polar surface area (TPSA) is 70.7 Å². The fourth-order valence-corrected chi connectivity index (χ4v) is 1.90. The van der Waals surface area contributed by atoms with Crippen molar-refractivity contribution in [2.75, 3.05) is 5.32 Å². The molecule has 1 aromatic carbocycles. The number of hydrogen-bond acceptors (Lipinski definition) is 3. The number of rotatable bonds is 4. The molecule has 0 spiro atoms. The number of hydrogen-bond donors (Lipinski definition) is 1. The molecule has 2 rings (SSSR count). The van der Waals surface area contributed by atoms with Gasteiger partial charge in [0.1, 0.15) is 6.07 Å². The molecule has 0 aliphatic rings. The van der Waals surface area contributed by atoms with Crippen LogP contribution in [0, 0.1) is 17.2 Å². The average Bonchev–Trinajstić information content (AvgIpc) is 2.84. The number of nitrogens with one attached hydrogen (secondary N) is 1. The molecule has 1 atom stereocenters. The summed E-state index contributed by atoms with van der Waals surface area (Å²) >= 11 is 5.77. The summed E-state index contributed by atoms with van der Waals surface area (Å²) in [5, 5.41) is 16.3. The molecule has 0 fully saturated rings. The van der Waals surface area contributed by atoms with Crippen molar-refractivity contribution in [1.82, 2.24) is 9.78 Å². The summed E-state index contributed by atoms with van der Waals surface area (Å²) in [4.78, 5) is 12.1. The second-order valence-electron chi connectivity index (χ2n) is 4.43. The summed E-state index contributed by atoms with van der Waals surface area (Å²) in [6.45, 7) is 2.22. The molecule has 0 aliphatic carbocycles. The SMILES string of the molecule is C[C@H](Cn1cc(Cl)cn1)C(=O)Nc1ccccc1C#N. The van der Waals surface area contributed by atoms with Crippen LogP contribution in [0.4, 0.5) is 5.69 Å². The van der Waals surface area contributed by atoms with Gasteiger partial charge < -0.3 is 5.32 Å². The highest BCUT2D eigenvalue weighted by Gasteiger charge is 2.15. The van der Waals surface area contributed by atoms with Gasteiger partial charge in [0, 0.05) is 6.20 Å². The number of halogens is 1. The van der Waals surface area contributed by atoms with Crippen LogP contribution in [-0.2, 0) is 11.3 Å². The van der Waals surface area contributed by atoms with Crippen molar-refractivity contribution in [2.45, 2.75) is 13.5 Å². The summed E-state index contributed by atoms with van der Waals surface area (Å²) in [6.07, 6.45) is 3.19. The third-order valence-corrected chi connectivity index (χ3v) is 3.01. The molecular weight excluding hydrogens is 276 g/mol. The van der Waals surface area contributed by atoms with Crippen LogP contribution in [0.2, 0.25) is 5.02 Å². The Morgan fingerprint density at radius 3 is 2.95 bits per heavy atom. The predicted octanol–water partition coefficient (Wildman–Crippen LogP) is 2.68. The van der Waals surface area contributed by atoms with Gasteiger partial charge in [0.2, 0.25) is 5.91 Å². The average molecular weight is 289 g/mol. The minimum Gasteiger partial charge on any atom is -0.325 e. The third-order valence-electron chi connectivity index (χ3n) is 2.82. The largest absolute Gasteiger partial charge is 0.325 e. The Balaban J connectivity index is 2.02. The van der Waals surface area contributed by atoms with Crippen molar-refractivity contribution in [3.8, 4) is 6.07 Å².